The van der Waals surface area contributed by atoms with E-state index >= 15 is 0 Å². The molecule has 2 aromatic rings. The van der Waals surface area contributed by atoms with Gasteiger partial charge in [0, 0.05) is 12.1 Å². The van der Waals surface area contributed by atoms with Gasteiger partial charge in [0.25, 0.3) is 0 Å². The molecule has 1 fully saturated rings. The number of nitrogens with two attached hydrogens (primary N) is 1. The highest BCUT2D eigenvalue weighted by atomic mass is 19.1. The summed E-state index contributed by atoms with van der Waals surface area (Å²) in [7, 11) is 0. The number of nitrogens with zero attached hydrogens (tertiary/aromatic N) is 3. The Labute approximate surface area is 98.2 Å². The first-order valence-corrected chi connectivity index (χ1v) is 5.69. The quantitative estimate of drug-likeness (QED) is 0.879. The number of halogens is 1. The molecule has 0 saturated heterocycles. The van der Waals surface area contributed by atoms with Gasteiger partial charge in [0.2, 0.25) is 0 Å². The summed E-state index contributed by atoms with van der Waals surface area (Å²) in [6, 6.07) is 6.80. The van der Waals surface area contributed by atoms with Gasteiger partial charge in [-0.15, -0.1) is 5.10 Å². The van der Waals surface area contributed by atoms with E-state index in [1.54, 1.807) is 6.07 Å². The van der Waals surface area contributed by atoms with Crippen LogP contribution in [-0.4, -0.2) is 15.0 Å². The summed E-state index contributed by atoms with van der Waals surface area (Å²) in [5, 5.41) is 8.25. The summed E-state index contributed by atoms with van der Waals surface area (Å²) in [6.45, 7) is 0.370. The molecule has 0 radical (unpaired) electrons. The predicted octanol–water partition coefficient (Wildman–Crippen LogP) is 1.88. The lowest BCUT2D eigenvalue weighted by atomic mass is 10.1. The largest absolute Gasteiger partial charge is 0.325 e. The molecule has 0 atom stereocenters. The molecule has 2 N–H and O–H groups in total. The summed E-state index contributed by atoms with van der Waals surface area (Å²) < 4.78 is 15.1. The molecule has 1 aromatic carbocycles. The molecule has 5 heteroatoms. The van der Waals surface area contributed by atoms with Crippen LogP contribution in [0.5, 0.6) is 0 Å². The minimum atomic E-state index is -0.272. The lowest BCUT2D eigenvalue weighted by molar-refractivity contribution is 0.583. The van der Waals surface area contributed by atoms with E-state index < -0.39 is 0 Å². The standard InChI is InChI=1S/C12H13FN4/c13-9-3-1-2-8(6-9)12-11(7-14)17(16-15-12)10-4-5-10/h1-3,6,10H,4-5,7,14H2. The van der Waals surface area contributed by atoms with Gasteiger partial charge in [0.1, 0.15) is 11.5 Å². The average Bonchev–Trinajstić information content (AvgIpc) is 3.08. The molecule has 0 bridgehead atoms. The van der Waals surface area contributed by atoms with Crippen molar-refractivity contribution in [2.45, 2.75) is 25.4 Å². The average molecular weight is 232 g/mol. The molecule has 1 heterocycles. The van der Waals surface area contributed by atoms with Gasteiger partial charge in [-0.05, 0) is 25.0 Å². The van der Waals surface area contributed by atoms with Gasteiger partial charge < -0.3 is 5.73 Å². The van der Waals surface area contributed by atoms with Crippen molar-refractivity contribution in [3.05, 3.63) is 35.8 Å². The third kappa shape index (κ3) is 1.82. The lowest BCUT2D eigenvalue weighted by Crippen LogP contribution is -2.08. The van der Waals surface area contributed by atoms with Crippen LogP contribution in [0.25, 0.3) is 11.3 Å². The molecular weight excluding hydrogens is 219 g/mol. The third-order valence-electron chi connectivity index (χ3n) is 2.98. The number of aromatic nitrogens is 3. The second-order valence-corrected chi connectivity index (χ2v) is 4.27. The van der Waals surface area contributed by atoms with Crippen molar-refractivity contribution in [1.82, 2.24) is 15.0 Å². The van der Waals surface area contributed by atoms with Gasteiger partial charge in [-0.3, -0.25) is 0 Å². The van der Waals surface area contributed by atoms with E-state index in [4.69, 9.17) is 5.73 Å². The van der Waals surface area contributed by atoms with E-state index in [0.717, 1.165) is 24.1 Å². The second-order valence-electron chi connectivity index (χ2n) is 4.27. The molecule has 0 unspecified atom stereocenters. The van der Waals surface area contributed by atoms with Crippen LogP contribution in [0.15, 0.2) is 24.3 Å². The fourth-order valence-corrected chi connectivity index (χ4v) is 1.98. The van der Waals surface area contributed by atoms with Gasteiger partial charge in [0.15, 0.2) is 0 Å². The topological polar surface area (TPSA) is 56.7 Å². The van der Waals surface area contributed by atoms with Crippen LogP contribution in [0, 0.1) is 5.82 Å². The van der Waals surface area contributed by atoms with E-state index in [-0.39, 0.29) is 5.82 Å². The molecule has 17 heavy (non-hydrogen) atoms. The normalized spacial score (nSPS) is 15.2. The lowest BCUT2D eigenvalue weighted by Gasteiger charge is -2.04. The first-order chi connectivity index (χ1) is 8.29. The van der Waals surface area contributed by atoms with Crippen LogP contribution < -0.4 is 5.73 Å². The minimum absolute atomic E-state index is 0.272. The number of hydrogen-bond donors (Lipinski definition) is 1. The van der Waals surface area contributed by atoms with Crippen LogP contribution in [0.2, 0.25) is 0 Å². The first kappa shape index (κ1) is 10.4. The van der Waals surface area contributed by atoms with Gasteiger partial charge in [-0.2, -0.15) is 0 Å². The second kappa shape index (κ2) is 3.92. The van der Waals surface area contributed by atoms with Crippen LogP contribution in [-0.2, 0) is 6.54 Å². The number of hydrogen-bond acceptors (Lipinski definition) is 3. The zero-order valence-electron chi connectivity index (χ0n) is 9.31. The van der Waals surface area contributed by atoms with E-state index in [2.05, 4.69) is 10.3 Å². The van der Waals surface area contributed by atoms with Crippen LogP contribution >= 0.6 is 0 Å². The summed E-state index contributed by atoms with van der Waals surface area (Å²) >= 11 is 0. The zero-order chi connectivity index (χ0) is 11.8. The molecule has 1 saturated carbocycles. The molecular formula is C12H13FN4. The molecule has 1 aliphatic carbocycles. The smallest absolute Gasteiger partial charge is 0.123 e. The summed E-state index contributed by atoms with van der Waals surface area (Å²) in [5.41, 5.74) is 8.06. The van der Waals surface area contributed by atoms with E-state index in [1.807, 2.05) is 10.7 Å². The first-order valence-electron chi connectivity index (χ1n) is 5.69. The Balaban J connectivity index is 2.08. The predicted molar refractivity (Wildman–Crippen MR) is 61.6 cm³/mol. The molecule has 4 nitrogen and oxygen atoms in total. The minimum Gasteiger partial charge on any atom is -0.325 e. The SMILES string of the molecule is NCc1c(-c2cccc(F)c2)nnn1C1CC1. The summed E-state index contributed by atoms with van der Waals surface area (Å²) in [4.78, 5) is 0. The van der Waals surface area contributed by atoms with Gasteiger partial charge >= 0.3 is 0 Å². The van der Waals surface area contributed by atoms with Gasteiger partial charge in [-0.25, -0.2) is 9.07 Å². The highest BCUT2D eigenvalue weighted by Crippen LogP contribution is 2.36. The molecule has 0 aliphatic heterocycles. The Kier molecular flexibility index (Phi) is 2.40. The van der Waals surface area contributed by atoms with E-state index in [1.165, 1.54) is 12.1 Å². The number of rotatable bonds is 3. The Bertz CT molecular complexity index is 545. The molecule has 1 aromatic heterocycles. The maximum Gasteiger partial charge on any atom is 0.123 e. The third-order valence-corrected chi connectivity index (χ3v) is 2.98. The van der Waals surface area contributed by atoms with E-state index in [0.29, 0.717) is 18.3 Å². The van der Waals surface area contributed by atoms with Gasteiger partial charge in [-0.1, -0.05) is 17.3 Å². The maximum atomic E-state index is 13.2. The molecule has 88 valence electrons. The van der Waals surface area contributed by atoms with Crippen LogP contribution in [0.3, 0.4) is 0 Å². The van der Waals surface area contributed by atoms with Crippen molar-refractivity contribution >= 4 is 0 Å². The Morgan fingerprint density at radius 3 is 2.88 bits per heavy atom. The van der Waals surface area contributed by atoms with Crippen molar-refractivity contribution in [2.24, 2.45) is 5.73 Å². The van der Waals surface area contributed by atoms with Crippen molar-refractivity contribution in [1.29, 1.82) is 0 Å². The molecule has 0 spiro atoms. The zero-order valence-corrected chi connectivity index (χ0v) is 9.31. The van der Waals surface area contributed by atoms with Crippen molar-refractivity contribution < 1.29 is 4.39 Å². The Morgan fingerprint density at radius 2 is 2.24 bits per heavy atom. The van der Waals surface area contributed by atoms with Crippen LogP contribution in [0.4, 0.5) is 4.39 Å². The van der Waals surface area contributed by atoms with Gasteiger partial charge in [0.05, 0.1) is 11.7 Å². The van der Waals surface area contributed by atoms with Crippen molar-refractivity contribution in [2.75, 3.05) is 0 Å². The molecule has 1 aliphatic rings. The van der Waals surface area contributed by atoms with Crippen LogP contribution in [0.1, 0.15) is 24.6 Å². The number of benzene rings is 1. The highest BCUT2D eigenvalue weighted by molar-refractivity contribution is 5.61. The Morgan fingerprint density at radius 1 is 1.41 bits per heavy atom. The molecule has 0 amide bonds. The fraction of sp³-hybridized carbons (Fsp3) is 0.333. The van der Waals surface area contributed by atoms with E-state index in [9.17, 15) is 4.39 Å². The van der Waals surface area contributed by atoms with Crippen molar-refractivity contribution in [3.8, 4) is 11.3 Å². The monoisotopic (exact) mass is 232 g/mol. The summed E-state index contributed by atoms with van der Waals surface area (Å²) in [5.74, 6) is -0.272. The summed E-state index contributed by atoms with van der Waals surface area (Å²) in [6.07, 6.45) is 2.25. The highest BCUT2D eigenvalue weighted by Gasteiger charge is 2.28. The van der Waals surface area contributed by atoms with Crippen molar-refractivity contribution in [3.63, 3.8) is 0 Å². The Hall–Kier alpha value is -1.75. The molecule has 3 rings (SSSR count). The maximum absolute atomic E-state index is 13.2. The fourth-order valence-electron chi connectivity index (χ4n) is 1.98.